The van der Waals surface area contributed by atoms with Gasteiger partial charge in [-0.05, 0) is 67.8 Å². The quantitative estimate of drug-likeness (QED) is 0.725. The predicted molar refractivity (Wildman–Crippen MR) is 89.3 cm³/mol. The number of hydrogen-bond donors (Lipinski definition) is 0. The van der Waals surface area contributed by atoms with E-state index in [9.17, 15) is 0 Å². The SMILES string of the molecule is Cc1ccc(Oc2ccc(OC3=CC[C@H](C)C=C3)cc2)cc1. The van der Waals surface area contributed by atoms with E-state index in [-0.39, 0.29) is 0 Å². The average molecular weight is 292 g/mol. The largest absolute Gasteiger partial charge is 0.458 e. The standard InChI is InChI=1S/C20H20O2/c1-15-3-7-17(8-4-15)21-19-11-13-20(14-12-19)22-18-9-5-16(2)6-10-18/h3-5,7-14,16H,6H2,1-2H3/t16-/m1/s1. The Labute approximate surface area is 131 Å². The molecule has 22 heavy (non-hydrogen) atoms. The Morgan fingerprint density at radius 2 is 1.36 bits per heavy atom. The van der Waals surface area contributed by atoms with Gasteiger partial charge in [-0.15, -0.1) is 0 Å². The lowest BCUT2D eigenvalue weighted by atomic mass is 10.0. The highest BCUT2D eigenvalue weighted by atomic mass is 16.5. The Balaban J connectivity index is 1.63. The van der Waals surface area contributed by atoms with Crippen LogP contribution in [0.1, 0.15) is 18.9 Å². The third-order valence-electron chi connectivity index (χ3n) is 3.60. The molecule has 0 heterocycles. The Kier molecular flexibility index (Phi) is 4.29. The summed E-state index contributed by atoms with van der Waals surface area (Å²) in [6.45, 7) is 4.26. The fourth-order valence-corrected chi connectivity index (χ4v) is 2.24. The number of aryl methyl sites for hydroxylation is 1. The van der Waals surface area contributed by atoms with Gasteiger partial charge >= 0.3 is 0 Å². The molecule has 0 fully saturated rings. The molecule has 0 saturated carbocycles. The van der Waals surface area contributed by atoms with E-state index in [0.29, 0.717) is 5.92 Å². The van der Waals surface area contributed by atoms with Crippen molar-refractivity contribution in [2.24, 2.45) is 5.92 Å². The fourth-order valence-electron chi connectivity index (χ4n) is 2.24. The van der Waals surface area contributed by atoms with Crippen molar-refractivity contribution >= 4 is 0 Å². The molecule has 2 aromatic carbocycles. The van der Waals surface area contributed by atoms with Crippen molar-refractivity contribution in [1.29, 1.82) is 0 Å². The monoisotopic (exact) mass is 292 g/mol. The Hall–Kier alpha value is -2.48. The molecule has 3 rings (SSSR count). The summed E-state index contributed by atoms with van der Waals surface area (Å²) in [5.41, 5.74) is 1.22. The van der Waals surface area contributed by atoms with E-state index >= 15 is 0 Å². The smallest absolute Gasteiger partial charge is 0.127 e. The molecule has 0 spiro atoms. The van der Waals surface area contributed by atoms with Crippen molar-refractivity contribution in [2.75, 3.05) is 0 Å². The maximum absolute atomic E-state index is 5.84. The third-order valence-corrected chi connectivity index (χ3v) is 3.60. The molecular formula is C20H20O2. The van der Waals surface area contributed by atoms with Crippen LogP contribution in [-0.2, 0) is 0 Å². The second-order valence-electron chi connectivity index (χ2n) is 5.67. The highest BCUT2D eigenvalue weighted by Gasteiger charge is 2.05. The Bertz CT molecular complexity index is 679. The van der Waals surface area contributed by atoms with Crippen molar-refractivity contribution in [3.05, 3.63) is 78.1 Å². The molecule has 1 aliphatic rings. The molecule has 2 aromatic rings. The van der Waals surface area contributed by atoms with Gasteiger partial charge in [-0.3, -0.25) is 0 Å². The lowest BCUT2D eigenvalue weighted by Gasteiger charge is -2.13. The Morgan fingerprint density at radius 3 is 1.91 bits per heavy atom. The summed E-state index contributed by atoms with van der Waals surface area (Å²) in [5.74, 6) is 3.97. The average Bonchev–Trinajstić information content (AvgIpc) is 2.54. The molecule has 0 aromatic heterocycles. The highest BCUT2D eigenvalue weighted by Crippen LogP contribution is 2.26. The van der Waals surface area contributed by atoms with Crippen LogP contribution < -0.4 is 9.47 Å². The lowest BCUT2D eigenvalue weighted by molar-refractivity contribution is 0.432. The fraction of sp³-hybridized carbons (Fsp3) is 0.200. The van der Waals surface area contributed by atoms with Gasteiger partial charge in [-0.1, -0.05) is 30.7 Å². The zero-order valence-corrected chi connectivity index (χ0v) is 13.0. The summed E-state index contributed by atoms with van der Waals surface area (Å²) in [7, 11) is 0. The van der Waals surface area contributed by atoms with Gasteiger partial charge in [0.15, 0.2) is 0 Å². The van der Waals surface area contributed by atoms with Gasteiger partial charge in [0.25, 0.3) is 0 Å². The first kappa shape index (κ1) is 14.5. The summed E-state index contributed by atoms with van der Waals surface area (Å²) in [5, 5.41) is 0. The second-order valence-corrected chi connectivity index (χ2v) is 5.67. The third kappa shape index (κ3) is 3.79. The molecule has 1 atom stereocenters. The van der Waals surface area contributed by atoms with Crippen molar-refractivity contribution in [2.45, 2.75) is 20.3 Å². The van der Waals surface area contributed by atoms with Gasteiger partial charge in [-0.2, -0.15) is 0 Å². The summed E-state index contributed by atoms with van der Waals surface area (Å²) in [4.78, 5) is 0. The summed E-state index contributed by atoms with van der Waals surface area (Å²) in [6, 6.07) is 15.7. The van der Waals surface area contributed by atoms with Crippen LogP contribution in [0.25, 0.3) is 0 Å². The molecule has 2 heteroatoms. The molecule has 112 valence electrons. The van der Waals surface area contributed by atoms with Crippen LogP contribution in [0, 0.1) is 12.8 Å². The van der Waals surface area contributed by atoms with E-state index in [4.69, 9.17) is 9.47 Å². The minimum absolute atomic E-state index is 0.595. The lowest BCUT2D eigenvalue weighted by Crippen LogP contribution is -1.99. The second kappa shape index (κ2) is 6.52. The van der Waals surface area contributed by atoms with Crippen LogP contribution in [0.3, 0.4) is 0 Å². The zero-order valence-electron chi connectivity index (χ0n) is 13.0. The van der Waals surface area contributed by atoms with Gasteiger partial charge in [0.1, 0.15) is 23.0 Å². The molecule has 0 radical (unpaired) electrons. The topological polar surface area (TPSA) is 18.5 Å². The molecular weight excluding hydrogens is 272 g/mol. The minimum atomic E-state index is 0.595. The molecule has 0 aliphatic heterocycles. The maximum atomic E-state index is 5.84. The number of benzene rings is 2. The minimum Gasteiger partial charge on any atom is -0.458 e. The van der Waals surface area contributed by atoms with Crippen LogP contribution in [0.2, 0.25) is 0 Å². The molecule has 0 bridgehead atoms. The summed E-state index contributed by atoms with van der Waals surface area (Å²) in [6.07, 6.45) is 7.36. The van der Waals surface area contributed by atoms with Crippen LogP contribution in [0.5, 0.6) is 17.2 Å². The van der Waals surface area contributed by atoms with Crippen LogP contribution >= 0.6 is 0 Å². The van der Waals surface area contributed by atoms with Gasteiger partial charge in [0, 0.05) is 0 Å². The molecule has 0 N–H and O–H groups in total. The summed E-state index contributed by atoms with van der Waals surface area (Å²) >= 11 is 0. The van der Waals surface area contributed by atoms with E-state index in [1.807, 2.05) is 54.6 Å². The number of hydrogen-bond acceptors (Lipinski definition) is 2. The predicted octanol–water partition coefficient (Wildman–Crippen LogP) is 5.65. The van der Waals surface area contributed by atoms with E-state index in [1.165, 1.54) is 5.56 Å². The zero-order chi connectivity index (χ0) is 15.4. The van der Waals surface area contributed by atoms with Crippen molar-refractivity contribution < 1.29 is 9.47 Å². The first-order chi connectivity index (χ1) is 10.7. The normalized spacial score (nSPS) is 17.0. The number of ether oxygens (including phenoxy) is 2. The first-order valence-corrected chi connectivity index (χ1v) is 7.60. The highest BCUT2D eigenvalue weighted by molar-refractivity contribution is 5.37. The van der Waals surface area contributed by atoms with Crippen molar-refractivity contribution in [3.8, 4) is 17.2 Å². The molecule has 0 saturated heterocycles. The van der Waals surface area contributed by atoms with E-state index in [1.54, 1.807) is 0 Å². The number of allylic oxidation sites excluding steroid dienone is 3. The summed E-state index contributed by atoms with van der Waals surface area (Å²) < 4.78 is 11.7. The van der Waals surface area contributed by atoms with Crippen LogP contribution in [0.4, 0.5) is 0 Å². The van der Waals surface area contributed by atoms with Gasteiger partial charge < -0.3 is 9.47 Å². The van der Waals surface area contributed by atoms with Crippen LogP contribution in [-0.4, -0.2) is 0 Å². The Morgan fingerprint density at radius 1 is 0.818 bits per heavy atom. The maximum Gasteiger partial charge on any atom is 0.127 e. The van der Waals surface area contributed by atoms with Crippen molar-refractivity contribution in [1.82, 2.24) is 0 Å². The van der Waals surface area contributed by atoms with Gasteiger partial charge in [0.05, 0.1) is 0 Å². The molecule has 0 amide bonds. The number of rotatable bonds is 4. The van der Waals surface area contributed by atoms with E-state index in [0.717, 1.165) is 29.4 Å². The molecule has 2 nitrogen and oxygen atoms in total. The van der Waals surface area contributed by atoms with Gasteiger partial charge in [-0.25, -0.2) is 0 Å². The van der Waals surface area contributed by atoms with Gasteiger partial charge in [0.2, 0.25) is 0 Å². The molecule has 1 aliphatic carbocycles. The molecule has 0 unspecified atom stereocenters. The van der Waals surface area contributed by atoms with Crippen molar-refractivity contribution in [3.63, 3.8) is 0 Å². The first-order valence-electron chi connectivity index (χ1n) is 7.60. The van der Waals surface area contributed by atoms with E-state index < -0.39 is 0 Å². The van der Waals surface area contributed by atoms with E-state index in [2.05, 4.69) is 26.0 Å². The van der Waals surface area contributed by atoms with Crippen LogP contribution in [0.15, 0.2) is 72.5 Å².